The Morgan fingerprint density at radius 2 is 1.83 bits per heavy atom. The number of benzene rings is 2. The van der Waals surface area contributed by atoms with E-state index in [0.717, 1.165) is 16.5 Å². The fourth-order valence-electron chi connectivity index (χ4n) is 3.07. The van der Waals surface area contributed by atoms with Crippen LogP contribution in [-0.4, -0.2) is 36.1 Å². The van der Waals surface area contributed by atoms with Crippen LogP contribution < -0.4 is 4.74 Å². The summed E-state index contributed by atoms with van der Waals surface area (Å²) in [6.45, 7) is 5.83. The van der Waals surface area contributed by atoms with E-state index in [2.05, 4.69) is 11.1 Å². The van der Waals surface area contributed by atoms with Crippen molar-refractivity contribution >= 4 is 28.8 Å². The number of hydrogen-bond donors (Lipinski definition) is 0. The Balaban J connectivity index is 1.65. The molecule has 0 aliphatic rings. The van der Waals surface area contributed by atoms with Crippen molar-refractivity contribution in [2.24, 2.45) is 0 Å². The lowest BCUT2D eigenvalue weighted by Crippen LogP contribution is -2.33. The Labute approximate surface area is 186 Å². The third kappa shape index (κ3) is 6.29. The number of carbonyl (C=O) groups is 1. The van der Waals surface area contributed by atoms with E-state index in [4.69, 9.17) is 21.1 Å². The number of amides is 1. The molecule has 0 aliphatic heterocycles. The maximum atomic E-state index is 12.9. The standard InChI is InChI=1S/C23H25ClN2O3S/c1-16-10-17(2)12-21(11-16)29-14-22-25-20(15-30-22)13-26(8-9-28-3)23(27)18-4-6-19(24)7-5-18/h4-7,10-12,15H,8-9,13-14H2,1-3H3. The predicted octanol–water partition coefficient (Wildman–Crippen LogP) is 5.28. The van der Waals surface area contributed by atoms with Gasteiger partial charge in [-0.2, -0.15) is 0 Å². The number of hydrogen-bond acceptors (Lipinski definition) is 5. The Morgan fingerprint density at radius 3 is 2.50 bits per heavy atom. The Bertz CT molecular complexity index is 968. The molecule has 30 heavy (non-hydrogen) atoms. The molecular weight excluding hydrogens is 420 g/mol. The van der Waals surface area contributed by atoms with Gasteiger partial charge in [0.2, 0.25) is 0 Å². The monoisotopic (exact) mass is 444 g/mol. The molecule has 0 unspecified atom stereocenters. The van der Waals surface area contributed by atoms with Crippen LogP contribution in [0.25, 0.3) is 0 Å². The van der Waals surface area contributed by atoms with Gasteiger partial charge in [-0.25, -0.2) is 4.98 Å². The molecule has 0 saturated carbocycles. The van der Waals surface area contributed by atoms with Gasteiger partial charge in [-0.15, -0.1) is 11.3 Å². The lowest BCUT2D eigenvalue weighted by atomic mass is 10.1. The van der Waals surface area contributed by atoms with Crippen LogP contribution >= 0.6 is 22.9 Å². The van der Waals surface area contributed by atoms with Crippen molar-refractivity contribution in [3.8, 4) is 5.75 Å². The van der Waals surface area contributed by atoms with Crippen LogP contribution in [0.2, 0.25) is 5.02 Å². The van der Waals surface area contributed by atoms with Gasteiger partial charge in [-0.1, -0.05) is 17.7 Å². The normalized spacial score (nSPS) is 10.8. The highest BCUT2D eigenvalue weighted by molar-refractivity contribution is 7.09. The van der Waals surface area contributed by atoms with Crippen molar-refractivity contribution < 1.29 is 14.3 Å². The second-order valence-corrected chi connectivity index (χ2v) is 8.45. The zero-order valence-electron chi connectivity index (χ0n) is 17.4. The first-order chi connectivity index (χ1) is 14.4. The molecule has 3 aromatic rings. The van der Waals surface area contributed by atoms with Gasteiger partial charge in [-0.05, 0) is 61.4 Å². The summed E-state index contributed by atoms with van der Waals surface area (Å²) in [5.74, 6) is 0.758. The third-order valence-electron chi connectivity index (χ3n) is 4.45. The summed E-state index contributed by atoms with van der Waals surface area (Å²) in [6, 6.07) is 13.0. The minimum Gasteiger partial charge on any atom is -0.486 e. The minimum absolute atomic E-state index is 0.0789. The van der Waals surface area contributed by atoms with Crippen molar-refractivity contribution in [1.29, 1.82) is 0 Å². The summed E-state index contributed by atoms with van der Waals surface area (Å²) in [6.07, 6.45) is 0. The second-order valence-electron chi connectivity index (χ2n) is 7.07. The van der Waals surface area contributed by atoms with E-state index in [1.54, 1.807) is 36.3 Å². The molecule has 0 atom stereocenters. The molecule has 7 heteroatoms. The topological polar surface area (TPSA) is 51.7 Å². The van der Waals surface area contributed by atoms with Crippen molar-refractivity contribution in [1.82, 2.24) is 9.88 Å². The first-order valence-corrected chi connectivity index (χ1v) is 10.9. The summed E-state index contributed by atoms with van der Waals surface area (Å²) in [7, 11) is 1.62. The largest absolute Gasteiger partial charge is 0.486 e. The number of halogens is 1. The Kier molecular flexibility index (Phi) is 7.85. The molecule has 0 radical (unpaired) electrons. The average molecular weight is 445 g/mol. The van der Waals surface area contributed by atoms with Gasteiger partial charge in [0.05, 0.1) is 18.8 Å². The maximum Gasteiger partial charge on any atom is 0.254 e. The number of rotatable bonds is 9. The molecule has 0 bridgehead atoms. The molecule has 1 aromatic heterocycles. The fraction of sp³-hybridized carbons (Fsp3) is 0.304. The number of aryl methyl sites for hydroxylation is 2. The maximum absolute atomic E-state index is 12.9. The molecule has 0 saturated heterocycles. The predicted molar refractivity (Wildman–Crippen MR) is 120 cm³/mol. The van der Waals surface area contributed by atoms with E-state index < -0.39 is 0 Å². The third-order valence-corrected chi connectivity index (χ3v) is 5.58. The van der Waals surface area contributed by atoms with E-state index in [1.807, 2.05) is 31.4 Å². The van der Waals surface area contributed by atoms with Gasteiger partial charge in [-0.3, -0.25) is 4.79 Å². The zero-order valence-corrected chi connectivity index (χ0v) is 18.9. The number of aromatic nitrogens is 1. The SMILES string of the molecule is COCCN(Cc1csc(COc2cc(C)cc(C)c2)n1)C(=O)c1ccc(Cl)cc1. The van der Waals surface area contributed by atoms with Gasteiger partial charge in [0.15, 0.2) is 0 Å². The molecule has 1 heterocycles. The Morgan fingerprint density at radius 1 is 1.13 bits per heavy atom. The molecule has 0 N–H and O–H groups in total. The minimum atomic E-state index is -0.0789. The molecule has 3 rings (SSSR count). The van der Waals surface area contributed by atoms with Gasteiger partial charge in [0.25, 0.3) is 5.91 Å². The fourth-order valence-corrected chi connectivity index (χ4v) is 3.90. The summed E-state index contributed by atoms with van der Waals surface area (Å²) >= 11 is 7.47. The van der Waals surface area contributed by atoms with Crippen LogP contribution in [0.1, 0.15) is 32.2 Å². The lowest BCUT2D eigenvalue weighted by molar-refractivity contribution is 0.0678. The van der Waals surface area contributed by atoms with Gasteiger partial charge in [0.1, 0.15) is 17.4 Å². The summed E-state index contributed by atoms with van der Waals surface area (Å²) < 4.78 is 11.1. The van der Waals surface area contributed by atoms with E-state index in [0.29, 0.717) is 36.9 Å². The second kappa shape index (κ2) is 10.6. The lowest BCUT2D eigenvalue weighted by Gasteiger charge is -2.21. The average Bonchev–Trinajstić information content (AvgIpc) is 3.16. The molecule has 5 nitrogen and oxygen atoms in total. The van der Waals surface area contributed by atoms with Crippen LogP contribution in [-0.2, 0) is 17.9 Å². The summed E-state index contributed by atoms with van der Waals surface area (Å²) in [5, 5.41) is 3.44. The number of methoxy groups -OCH3 is 1. The molecule has 0 fully saturated rings. The van der Waals surface area contributed by atoms with Crippen LogP contribution in [0.15, 0.2) is 47.8 Å². The first-order valence-electron chi connectivity index (χ1n) is 9.63. The summed E-state index contributed by atoms with van der Waals surface area (Å²) in [5.41, 5.74) is 3.75. The highest BCUT2D eigenvalue weighted by Gasteiger charge is 2.17. The van der Waals surface area contributed by atoms with E-state index in [9.17, 15) is 4.79 Å². The van der Waals surface area contributed by atoms with Crippen molar-refractivity contribution in [3.63, 3.8) is 0 Å². The molecular formula is C23H25ClN2O3S. The number of nitrogens with zero attached hydrogens (tertiary/aromatic N) is 2. The summed E-state index contributed by atoms with van der Waals surface area (Å²) in [4.78, 5) is 19.3. The van der Waals surface area contributed by atoms with Crippen molar-refractivity contribution in [3.05, 3.63) is 80.3 Å². The molecule has 1 amide bonds. The number of carbonyl (C=O) groups excluding carboxylic acids is 1. The van der Waals surface area contributed by atoms with Crippen LogP contribution in [0.5, 0.6) is 5.75 Å². The highest BCUT2D eigenvalue weighted by atomic mass is 35.5. The van der Waals surface area contributed by atoms with Crippen LogP contribution in [0.4, 0.5) is 0 Å². The molecule has 0 aliphatic carbocycles. The van der Waals surface area contributed by atoms with Gasteiger partial charge < -0.3 is 14.4 Å². The number of ether oxygens (including phenoxy) is 2. The zero-order chi connectivity index (χ0) is 21.5. The number of thiazole rings is 1. The smallest absolute Gasteiger partial charge is 0.254 e. The molecule has 0 spiro atoms. The van der Waals surface area contributed by atoms with E-state index in [-0.39, 0.29) is 5.91 Å². The molecule has 2 aromatic carbocycles. The van der Waals surface area contributed by atoms with Gasteiger partial charge >= 0.3 is 0 Å². The van der Waals surface area contributed by atoms with Gasteiger partial charge in [0, 0.05) is 29.6 Å². The quantitative estimate of drug-likeness (QED) is 0.450. The van der Waals surface area contributed by atoms with E-state index >= 15 is 0 Å². The van der Waals surface area contributed by atoms with E-state index in [1.165, 1.54) is 22.5 Å². The highest BCUT2D eigenvalue weighted by Crippen LogP contribution is 2.20. The first kappa shape index (κ1) is 22.3. The van der Waals surface area contributed by atoms with Crippen LogP contribution in [0, 0.1) is 13.8 Å². The van der Waals surface area contributed by atoms with Crippen molar-refractivity contribution in [2.45, 2.75) is 27.0 Å². The van der Waals surface area contributed by atoms with Crippen LogP contribution in [0.3, 0.4) is 0 Å². The molecule has 158 valence electrons. The van der Waals surface area contributed by atoms with Crippen molar-refractivity contribution in [2.75, 3.05) is 20.3 Å². The Hall–Kier alpha value is -2.41.